The van der Waals surface area contributed by atoms with Gasteiger partial charge in [0.15, 0.2) is 0 Å². The van der Waals surface area contributed by atoms with Crippen molar-refractivity contribution in [2.24, 2.45) is 17.8 Å². The lowest BCUT2D eigenvalue weighted by Crippen LogP contribution is -2.42. The molecule has 0 aliphatic carbocycles. The molecule has 8 nitrogen and oxygen atoms in total. The topological polar surface area (TPSA) is 126 Å². The van der Waals surface area contributed by atoms with Gasteiger partial charge in [-0.15, -0.1) is 0 Å². The Morgan fingerprint density at radius 3 is 2.65 bits per heavy atom. The molecule has 0 aromatic rings. The standard InChI is InChI=1S/C29H46O8/c1-7-23(32)20(4)28-25(37-28)16-18(2)10-8-9-11-24-19(3)12-13-26(35-21(5)30)29(6,34)15-14-22(31)17-27(33)36-24/h8-13,18-20,22-26,28,31-32,34H,7,14-17H2,1-6H3/b10-8+,11-9+,13-12+/t18-,19-,20+,22+,23-,24-,25+,26-,28+,29-/m0/s1. The van der Waals surface area contributed by atoms with Gasteiger partial charge in [0.2, 0.25) is 0 Å². The fourth-order valence-corrected chi connectivity index (χ4v) is 4.63. The van der Waals surface area contributed by atoms with Gasteiger partial charge in [0, 0.05) is 18.8 Å². The van der Waals surface area contributed by atoms with Gasteiger partial charge in [-0.1, -0.05) is 52.0 Å². The van der Waals surface area contributed by atoms with Crippen LogP contribution in [-0.2, 0) is 23.8 Å². The highest BCUT2D eigenvalue weighted by Crippen LogP contribution is 2.36. The van der Waals surface area contributed by atoms with Crippen LogP contribution in [0.4, 0.5) is 0 Å². The Kier molecular flexibility index (Phi) is 12.0. The molecular weight excluding hydrogens is 476 g/mol. The average molecular weight is 523 g/mol. The van der Waals surface area contributed by atoms with Crippen LogP contribution in [0.15, 0.2) is 36.5 Å². The molecule has 1 fully saturated rings. The van der Waals surface area contributed by atoms with Gasteiger partial charge in [-0.2, -0.15) is 0 Å². The van der Waals surface area contributed by atoms with E-state index in [-0.39, 0.29) is 55.3 Å². The summed E-state index contributed by atoms with van der Waals surface area (Å²) in [5.41, 5.74) is -1.40. The number of epoxide rings is 1. The van der Waals surface area contributed by atoms with Crippen LogP contribution in [0.2, 0.25) is 0 Å². The maximum absolute atomic E-state index is 12.4. The Morgan fingerprint density at radius 1 is 1.30 bits per heavy atom. The van der Waals surface area contributed by atoms with Crippen LogP contribution in [0.25, 0.3) is 0 Å². The van der Waals surface area contributed by atoms with Crippen LogP contribution < -0.4 is 0 Å². The van der Waals surface area contributed by atoms with Gasteiger partial charge in [0.1, 0.15) is 17.8 Å². The van der Waals surface area contributed by atoms with E-state index in [9.17, 15) is 24.9 Å². The van der Waals surface area contributed by atoms with Crippen molar-refractivity contribution in [3.05, 3.63) is 36.5 Å². The zero-order valence-corrected chi connectivity index (χ0v) is 23.1. The Morgan fingerprint density at radius 2 is 2.00 bits per heavy atom. The maximum Gasteiger partial charge on any atom is 0.309 e. The molecule has 0 saturated carbocycles. The number of carbonyl (C=O) groups excluding carboxylic acids is 2. The number of hydrogen-bond donors (Lipinski definition) is 3. The quantitative estimate of drug-likeness (QED) is 0.181. The minimum Gasteiger partial charge on any atom is -0.457 e. The monoisotopic (exact) mass is 522 g/mol. The van der Waals surface area contributed by atoms with E-state index in [0.29, 0.717) is 0 Å². The lowest BCUT2D eigenvalue weighted by atomic mass is 9.89. The number of carbonyl (C=O) groups is 2. The number of aliphatic hydroxyl groups is 3. The number of cyclic esters (lactones) is 1. The first kappa shape index (κ1) is 31.2. The first-order valence-corrected chi connectivity index (χ1v) is 13.5. The number of esters is 2. The van der Waals surface area contributed by atoms with Crippen molar-refractivity contribution in [1.82, 2.24) is 0 Å². The van der Waals surface area contributed by atoms with E-state index in [2.05, 4.69) is 13.0 Å². The maximum atomic E-state index is 12.4. The second kappa shape index (κ2) is 14.2. The molecule has 0 aromatic carbocycles. The predicted molar refractivity (Wildman–Crippen MR) is 140 cm³/mol. The lowest BCUT2D eigenvalue weighted by molar-refractivity contribution is -0.157. The van der Waals surface area contributed by atoms with Gasteiger partial charge in [-0.05, 0) is 50.7 Å². The molecule has 0 amide bonds. The summed E-state index contributed by atoms with van der Waals surface area (Å²) in [5.74, 6) is -0.917. The van der Waals surface area contributed by atoms with Gasteiger partial charge >= 0.3 is 11.9 Å². The molecule has 10 atom stereocenters. The average Bonchev–Trinajstić information content (AvgIpc) is 3.59. The summed E-state index contributed by atoms with van der Waals surface area (Å²) in [7, 11) is 0. The van der Waals surface area contributed by atoms with Crippen molar-refractivity contribution in [2.45, 2.75) is 116 Å². The van der Waals surface area contributed by atoms with E-state index in [4.69, 9.17) is 14.2 Å². The SMILES string of the molecule is CC[C@H](O)[C@@H](C)[C@H]1O[C@@H]1C[C@@H](C)/C=C/C=C/[C@@H]1OC(=O)C[C@H](O)CC[C@](C)(O)[C@@H](OC(C)=O)/C=C/[C@@H]1C. The van der Waals surface area contributed by atoms with Crippen LogP contribution in [0, 0.1) is 17.8 Å². The summed E-state index contributed by atoms with van der Waals surface area (Å²) in [6.45, 7) is 10.8. The highest BCUT2D eigenvalue weighted by atomic mass is 16.6. The highest BCUT2D eigenvalue weighted by molar-refractivity contribution is 5.70. The molecule has 0 spiro atoms. The molecule has 1 saturated heterocycles. The molecule has 210 valence electrons. The Labute approximate surface area is 221 Å². The number of hydrogen-bond acceptors (Lipinski definition) is 8. The molecule has 37 heavy (non-hydrogen) atoms. The number of aliphatic hydroxyl groups excluding tert-OH is 2. The summed E-state index contributed by atoms with van der Waals surface area (Å²) >= 11 is 0. The van der Waals surface area contributed by atoms with Gasteiger partial charge in [-0.3, -0.25) is 9.59 Å². The molecule has 0 unspecified atom stereocenters. The molecular formula is C29H46O8. The Hall–Kier alpha value is -2.00. The van der Waals surface area contributed by atoms with Gasteiger partial charge < -0.3 is 29.5 Å². The fraction of sp³-hybridized carbons (Fsp3) is 0.724. The third kappa shape index (κ3) is 10.3. The third-order valence-electron chi connectivity index (χ3n) is 7.29. The molecule has 8 heteroatoms. The zero-order chi connectivity index (χ0) is 27.8. The molecule has 0 bridgehead atoms. The lowest BCUT2D eigenvalue weighted by Gasteiger charge is -2.32. The van der Waals surface area contributed by atoms with E-state index >= 15 is 0 Å². The predicted octanol–water partition coefficient (Wildman–Crippen LogP) is 3.63. The molecule has 2 heterocycles. The van der Waals surface area contributed by atoms with E-state index in [0.717, 1.165) is 12.8 Å². The number of ether oxygens (including phenoxy) is 3. The largest absolute Gasteiger partial charge is 0.457 e. The first-order valence-electron chi connectivity index (χ1n) is 13.5. The number of allylic oxidation sites excluding steroid dienone is 3. The van der Waals surface area contributed by atoms with Crippen LogP contribution >= 0.6 is 0 Å². The molecule has 2 aliphatic heterocycles. The normalized spacial score (nSPS) is 36.7. The zero-order valence-electron chi connectivity index (χ0n) is 23.1. The number of rotatable bonds is 9. The van der Waals surface area contributed by atoms with E-state index in [1.165, 1.54) is 6.92 Å². The molecule has 2 rings (SSSR count). The van der Waals surface area contributed by atoms with Gasteiger partial charge in [0.05, 0.1) is 30.8 Å². The van der Waals surface area contributed by atoms with Crippen molar-refractivity contribution >= 4 is 11.9 Å². The van der Waals surface area contributed by atoms with Crippen LogP contribution in [0.5, 0.6) is 0 Å². The van der Waals surface area contributed by atoms with E-state index in [1.54, 1.807) is 25.2 Å². The summed E-state index contributed by atoms with van der Waals surface area (Å²) in [6, 6.07) is 0. The summed E-state index contributed by atoms with van der Waals surface area (Å²) in [4.78, 5) is 24.0. The van der Waals surface area contributed by atoms with Crippen molar-refractivity contribution in [3.8, 4) is 0 Å². The van der Waals surface area contributed by atoms with Crippen LogP contribution in [0.1, 0.15) is 73.6 Å². The summed E-state index contributed by atoms with van der Waals surface area (Å²) in [5, 5.41) is 31.2. The molecule has 0 radical (unpaired) electrons. The summed E-state index contributed by atoms with van der Waals surface area (Å²) in [6.07, 6.45) is 10.1. The van der Waals surface area contributed by atoms with E-state index < -0.39 is 35.9 Å². The van der Waals surface area contributed by atoms with Gasteiger partial charge in [0.25, 0.3) is 0 Å². The van der Waals surface area contributed by atoms with Crippen LogP contribution in [-0.4, -0.2) is 69.5 Å². The third-order valence-corrected chi connectivity index (χ3v) is 7.29. The molecule has 2 aliphatic rings. The van der Waals surface area contributed by atoms with Crippen molar-refractivity contribution in [3.63, 3.8) is 0 Å². The molecule has 0 aromatic heterocycles. The summed E-state index contributed by atoms with van der Waals surface area (Å²) < 4.78 is 16.8. The van der Waals surface area contributed by atoms with Crippen molar-refractivity contribution in [1.29, 1.82) is 0 Å². The van der Waals surface area contributed by atoms with Crippen molar-refractivity contribution in [2.75, 3.05) is 0 Å². The van der Waals surface area contributed by atoms with Gasteiger partial charge in [-0.25, -0.2) is 0 Å². The van der Waals surface area contributed by atoms with Crippen LogP contribution in [0.3, 0.4) is 0 Å². The molecule has 3 N–H and O–H groups in total. The second-order valence-electron chi connectivity index (χ2n) is 10.9. The second-order valence-corrected chi connectivity index (χ2v) is 10.9. The fourth-order valence-electron chi connectivity index (χ4n) is 4.63. The first-order chi connectivity index (χ1) is 17.3. The minimum atomic E-state index is -1.40. The highest BCUT2D eigenvalue weighted by Gasteiger charge is 2.44. The Bertz CT molecular complexity index is 832. The van der Waals surface area contributed by atoms with Crippen molar-refractivity contribution < 1.29 is 39.1 Å². The minimum absolute atomic E-state index is 0.108. The smallest absolute Gasteiger partial charge is 0.309 e. The van der Waals surface area contributed by atoms with E-state index in [1.807, 2.05) is 32.9 Å². The Balaban J connectivity index is 2.05.